The van der Waals surface area contributed by atoms with Crippen molar-refractivity contribution in [3.05, 3.63) is 66.6 Å². The number of rotatable bonds is 6. The first-order valence-corrected chi connectivity index (χ1v) is 8.16. The summed E-state index contributed by atoms with van der Waals surface area (Å²) in [4.78, 5) is 0.248. The molecule has 0 aliphatic rings. The monoisotopic (exact) mass is 305 g/mol. The molecule has 0 unspecified atom stereocenters. The van der Waals surface area contributed by atoms with Crippen molar-refractivity contribution in [1.29, 1.82) is 0 Å². The van der Waals surface area contributed by atoms with Crippen LogP contribution in [0, 0.1) is 12.8 Å². The second-order valence-corrected chi connectivity index (χ2v) is 6.78. The van der Waals surface area contributed by atoms with Gasteiger partial charge in [0.25, 0.3) is 0 Å². The molecule has 0 amide bonds. The van der Waals surface area contributed by atoms with Crippen LogP contribution < -0.4 is 4.72 Å². The summed E-state index contributed by atoms with van der Waals surface area (Å²) in [6, 6.07) is 8.09. The Bertz CT molecular complexity index is 688. The maximum atomic E-state index is 12.5. The van der Waals surface area contributed by atoms with Crippen molar-refractivity contribution in [3.63, 3.8) is 0 Å². The Kier molecular flexibility index (Phi) is 4.65. The summed E-state index contributed by atoms with van der Waals surface area (Å²) >= 11 is 0. The Hall–Kier alpha value is -1.85. The third kappa shape index (κ3) is 3.62. The maximum absolute atomic E-state index is 12.5. The van der Waals surface area contributed by atoms with E-state index in [2.05, 4.69) is 11.3 Å². The molecule has 112 valence electrons. The molecule has 1 aromatic heterocycles. The van der Waals surface area contributed by atoms with Gasteiger partial charge in [0.05, 0.1) is 23.5 Å². The first kappa shape index (κ1) is 15.5. The third-order valence-electron chi connectivity index (χ3n) is 3.41. The predicted octanol–water partition coefficient (Wildman–Crippen LogP) is 3.43. The molecule has 2 rings (SSSR count). The number of furan rings is 1. The largest absolute Gasteiger partial charge is 0.472 e. The van der Waals surface area contributed by atoms with Gasteiger partial charge >= 0.3 is 0 Å². The van der Waals surface area contributed by atoms with E-state index in [1.807, 2.05) is 13.8 Å². The number of sulfonamides is 1. The second kappa shape index (κ2) is 6.28. The van der Waals surface area contributed by atoms with E-state index >= 15 is 0 Å². The van der Waals surface area contributed by atoms with Crippen LogP contribution in [0.2, 0.25) is 0 Å². The standard InChI is InChI=1S/C16H19NO3S/c1-4-13(3)16(14-9-10-20-11-14)17-21(18,19)15-7-5-12(2)6-8-15/h4-11,13,16-17H,1H2,2-3H3/t13-,16+/m1/s1. The fourth-order valence-electron chi connectivity index (χ4n) is 2.02. The van der Waals surface area contributed by atoms with E-state index in [0.717, 1.165) is 11.1 Å². The quantitative estimate of drug-likeness (QED) is 0.832. The van der Waals surface area contributed by atoms with Crippen LogP contribution in [0.25, 0.3) is 0 Å². The number of nitrogens with one attached hydrogen (secondary N) is 1. The van der Waals surface area contributed by atoms with Crippen molar-refractivity contribution in [1.82, 2.24) is 4.72 Å². The molecule has 2 aromatic rings. The predicted molar refractivity (Wildman–Crippen MR) is 82.3 cm³/mol. The molecule has 0 aliphatic carbocycles. The van der Waals surface area contributed by atoms with Crippen LogP contribution in [-0.2, 0) is 10.0 Å². The molecule has 0 saturated heterocycles. The van der Waals surface area contributed by atoms with Crippen molar-refractivity contribution in [3.8, 4) is 0 Å². The average molecular weight is 305 g/mol. The summed E-state index contributed by atoms with van der Waals surface area (Å²) in [7, 11) is -3.60. The van der Waals surface area contributed by atoms with Gasteiger partial charge in [-0.3, -0.25) is 0 Å². The Morgan fingerprint density at radius 2 is 1.90 bits per heavy atom. The van der Waals surface area contributed by atoms with Gasteiger partial charge < -0.3 is 4.42 Å². The van der Waals surface area contributed by atoms with E-state index in [9.17, 15) is 8.42 Å². The molecular formula is C16H19NO3S. The molecule has 1 N–H and O–H groups in total. The summed E-state index contributed by atoms with van der Waals surface area (Å²) in [5.41, 5.74) is 1.79. The van der Waals surface area contributed by atoms with Gasteiger partial charge in [0.15, 0.2) is 0 Å². The molecule has 2 atom stereocenters. The minimum Gasteiger partial charge on any atom is -0.472 e. The highest BCUT2D eigenvalue weighted by Crippen LogP contribution is 2.25. The van der Waals surface area contributed by atoms with Crippen molar-refractivity contribution in [2.75, 3.05) is 0 Å². The highest BCUT2D eigenvalue weighted by molar-refractivity contribution is 7.89. The lowest BCUT2D eigenvalue weighted by Crippen LogP contribution is -2.31. The Morgan fingerprint density at radius 1 is 1.24 bits per heavy atom. The minimum atomic E-state index is -3.60. The van der Waals surface area contributed by atoms with Gasteiger partial charge in [-0.15, -0.1) is 6.58 Å². The van der Waals surface area contributed by atoms with Crippen molar-refractivity contribution < 1.29 is 12.8 Å². The number of hydrogen-bond donors (Lipinski definition) is 1. The highest BCUT2D eigenvalue weighted by Gasteiger charge is 2.25. The van der Waals surface area contributed by atoms with Crippen molar-refractivity contribution in [2.24, 2.45) is 5.92 Å². The Morgan fingerprint density at radius 3 is 2.43 bits per heavy atom. The van der Waals surface area contributed by atoms with Crippen LogP contribution in [-0.4, -0.2) is 8.42 Å². The minimum absolute atomic E-state index is 0.0668. The molecule has 5 heteroatoms. The van der Waals surface area contributed by atoms with Gasteiger partial charge in [-0.05, 0) is 31.0 Å². The highest BCUT2D eigenvalue weighted by atomic mass is 32.2. The van der Waals surface area contributed by atoms with Gasteiger partial charge in [0.2, 0.25) is 10.0 Å². The Labute approximate surface area is 125 Å². The lowest BCUT2D eigenvalue weighted by molar-refractivity contribution is 0.488. The van der Waals surface area contributed by atoms with E-state index in [-0.39, 0.29) is 10.8 Å². The fourth-order valence-corrected chi connectivity index (χ4v) is 3.34. The third-order valence-corrected chi connectivity index (χ3v) is 4.87. The van der Waals surface area contributed by atoms with E-state index in [1.165, 1.54) is 6.26 Å². The molecule has 0 bridgehead atoms. The maximum Gasteiger partial charge on any atom is 0.241 e. The summed E-state index contributed by atoms with van der Waals surface area (Å²) in [5, 5.41) is 0. The topological polar surface area (TPSA) is 59.3 Å². The van der Waals surface area contributed by atoms with E-state index in [1.54, 1.807) is 42.7 Å². The number of benzene rings is 1. The molecule has 0 aliphatic heterocycles. The zero-order valence-corrected chi connectivity index (χ0v) is 12.9. The van der Waals surface area contributed by atoms with Gasteiger partial charge in [0, 0.05) is 5.56 Å². The smallest absolute Gasteiger partial charge is 0.241 e. The molecule has 0 radical (unpaired) electrons. The van der Waals surface area contributed by atoms with E-state index < -0.39 is 16.1 Å². The second-order valence-electron chi connectivity index (χ2n) is 5.06. The molecule has 0 saturated carbocycles. The first-order chi connectivity index (χ1) is 9.94. The van der Waals surface area contributed by atoms with Crippen molar-refractivity contribution >= 4 is 10.0 Å². The van der Waals surface area contributed by atoms with Gasteiger partial charge in [-0.1, -0.05) is 30.7 Å². The summed E-state index contributed by atoms with van der Waals surface area (Å²) < 4.78 is 32.8. The molecule has 0 spiro atoms. The van der Waals surface area contributed by atoms with Gasteiger partial charge in [-0.2, -0.15) is 0 Å². The number of hydrogen-bond acceptors (Lipinski definition) is 3. The first-order valence-electron chi connectivity index (χ1n) is 6.67. The summed E-state index contributed by atoms with van der Waals surface area (Å²) in [6.45, 7) is 7.56. The Balaban J connectivity index is 2.31. The lowest BCUT2D eigenvalue weighted by Gasteiger charge is -2.21. The summed E-state index contributed by atoms with van der Waals surface area (Å²) in [6.07, 6.45) is 4.79. The molecule has 4 nitrogen and oxygen atoms in total. The molecule has 1 heterocycles. The van der Waals surface area contributed by atoms with Crippen LogP contribution in [0.15, 0.2) is 64.8 Å². The van der Waals surface area contributed by atoms with Crippen LogP contribution in [0.5, 0.6) is 0 Å². The van der Waals surface area contributed by atoms with E-state index in [0.29, 0.717) is 0 Å². The summed E-state index contributed by atoms with van der Waals surface area (Å²) in [5.74, 6) is -0.0668. The van der Waals surface area contributed by atoms with Crippen LogP contribution in [0.1, 0.15) is 24.1 Å². The van der Waals surface area contributed by atoms with E-state index in [4.69, 9.17) is 4.42 Å². The molecule has 21 heavy (non-hydrogen) atoms. The SMILES string of the molecule is C=C[C@@H](C)[C@H](NS(=O)(=O)c1ccc(C)cc1)c1ccoc1. The lowest BCUT2D eigenvalue weighted by atomic mass is 9.98. The fraction of sp³-hybridized carbons (Fsp3) is 0.250. The van der Waals surface area contributed by atoms with Gasteiger partial charge in [0.1, 0.15) is 0 Å². The van der Waals surface area contributed by atoms with Crippen molar-refractivity contribution in [2.45, 2.75) is 24.8 Å². The van der Waals surface area contributed by atoms with Crippen LogP contribution >= 0.6 is 0 Å². The van der Waals surface area contributed by atoms with Gasteiger partial charge in [-0.25, -0.2) is 13.1 Å². The molecule has 0 fully saturated rings. The zero-order valence-electron chi connectivity index (χ0n) is 12.1. The molecule has 1 aromatic carbocycles. The van der Waals surface area contributed by atoms with Crippen LogP contribution in [0.4, 0.5) is 0 Å². The zero-order chi connectivity index (χ0) is 15.5. The average Bonchev–Trinajstić information content (AvgIpc) is 2.98. The van der Waals surface area contributed by atoms with Crippen LogP contribution in [0.3, 0.4) is 0 Å². The normalized spacial score (nSPS) is 14.6. The number of aryl methyl sites for hydroxylation is 1. The molecular weight excluding hydrogens is 286 g/mol.